The van der Waals surface area contributed by atoms with Crippen molar-refractivity contribution in [1.29, 1.82) is 0 Å². The molecule has 0 saturated carbocycles. The number of nitrogens with one attached hydrogen (secondary N) is 1. The number of fused-ring (bicyclic) bond motifs is 1. The second-order valence-electron chi connectivity index (χ2n) is 5.69. The highest BCUT2D eigenvalue weighted by Crippen LogP contribution is 2.24. The molecular weight excluding hydrogens is 320 g/mol. The smallest absolute Gasteiger partial charge is 0.339 e. The lowest BCUT2D eigenvalue weighted by atomic mass is 9.98. The first-order valence-electron chi connectivity index (χ1n) is 7.82. The summed E-state index contributed by atoms with van der Waals surface area (Å²) in [5.74, 6) is -0.108. The summed E-state index contributed by atoms with van der Waals surface area (Å²) in [6, 6.07) is 18.2. The molecule has 25 heavy (non-hydrogen) atoms. The van der Waals surface area contributed by atoms with Gasteiger partial charge in [-0.15, -0.1) is 0 Å². The average molecular weight is 334 g/mol. The number of nitrogens with zero attached hydrogens (tertiary/aromatic N) is 1. The highest BCUT2D eigenvalue weighted by Gasteiger charge is 2.31. The first-order valence-corrected chi connectivity index (χ1v) is 7.82. The average Bonchev–Trinajstić information content (AvgIpc) is 3.11. The van der Waals surface area contributed by atoms with Crippen LogP contribution >= 0.6 is 0 Å². The topological polar surface area (TPSA) is 81.4 Å². The Labute approximate surface area is 143 Å². The Bertz CT molecular complexity index is 933. The maximum absolute atomic E-state index is 12.4. The minimum atomic E-state index is -0.890. The van der Waals surface area contributed by atoms with E-state index in [9.17, 15) is 9.59 Å². The monoisotopic (exact) mass is 334 g/mol. The highest BCUT2D eigenvalue weighted by molar-refractivity contribution is 5.99. The molecule has 124 valence electrons. The number of amides is 1. The Balaban J connectivity index is 1.48. The van der Waals surface area contributed by atoms with E-state index < -0.39 is 18.0 Å². The summed E-state index contributed by atoms with van der Waals surface area (Å²) in [5.41, 5.74) is 2.15. The van der Waals surface area contributed by atoms with Gasteiger partial charge in [0, 0.05) is 18.1 Å². The van der Waals surface area contributed by atoms with Gasteiger partial charge in [0.2, 0.25) is 0 Å². The quantitative estimate of drug-likeness (QED) is 0.745. The number of carbonyl (C=O) groups is 2. The van der Waals surface area contributed by atoms with E-state index in [2.05, 4.69) is 10.5 Å². The number of rotatable bonds is 3. The Morgan fingerprint density at radius 2 is 1.84 bits per heavy atom. The molecule has 4 rings (SSSR count). The van der Waals surface area contributed by atoms with Crippen molar-refractivity contribution in [3.05, 3.63) is 71.8 Å². The Morgan fingerprint density at radius 3 is 2.68 bits per heavy atom. The third kappa shape index (κ3) is 3.01. The number of hydrogen-bond donors (Lipinski definition) is 1. The largest absolute Gasteiger partial charge is 0.448 e. The summed E-state index contributed by atoms with van der Waals surface area (Å²) in [7, 11) is 0. The summed E-state index contributed by atoms with van der Waals surface area (Å²) in [5, 5.41) is 6.48. The lowest BCUT2D eigenvalue weighted by Crippen LogP contribution is -2.38. The van der Waals surface area contributed by atoms with E-state index >= 15 is 0 Å². The minimum Gasteiger partial charge on any atom is -0.448 e. The van der Waals surface area contributed by atoms with Gasteiger partial charge in [-0.2, -0.15) is 0 Å². The number of aromatic nitrogens is 1. The van der Waals surface area contributed by atoms with Gasteiger partial charge in [-0.05, 0) is 11.6 Å². The normalized spacial score (nSPS) is 16.0. The Kier molecular flexibility index (Phi) is 3.78. The molecule has 0 bridgehead atoms. The molecule has 1 aliphatic heterocycles. The van der Waals surface area contributed by atoms with E-state index in [1.807, 2.05) is 42.5 Å². The maximum atomic E-state index is 12.4. The van der Waals surface area contributed by atoms with Crippen LogP contribution in [-0.2, 0) is 16.0 Å². The number of hydrogen-bond acceptors (Lipinski definition) is 5. The number of anilines is 1. The van der Waals surface area contributed by atoms with Gasteiger partial charge in [0.15, 0.2) is 17.7 Å². The summed E-state index contributed by atoms with van der Waals surface area (Å²) >= 11 is 0. The van der Waals surface area contributed by atoms with Crippen molar-refractivity contribution in [2.75, 3.05) is 5.32 Å². The molecule has 1 atom stereocenters. The van der Waals surface area contributed by atoms with E-state index in [1.54, 1.807) is 18.2 Å². The molecule has 0 spiro atoms. The highest BCUT2D eigenvalue weighted by atomic mass is 16.5. The molecule has 3 aromatic rings. The van der Waals surface area contributed by atoms with E-state index in [0.29, 0.717) is 17.7 Å². The molecule has 0 unspecified atom stereocenters. The molecule has 6 heteroatoms. The molecule has 1 N–H and O–H groups in total. The van der Waals surface area contributed by atoms with Crippen molar-refractivity contribution in [3.8, 4) is 11.3 Å². The first kappa shape index (κ1) is 15.1. The zero-order valence-electron chi connectivity index (χ0n) is 13.1. The van der Waals surface area contributed by atoms with Gasteiger partial charge in [0.05, 0.1) is 5.56 Å². The second-order valence-corrected chi connectivity index (χ2v) is 5.69. The summed E-state index contributed by atoms with van der Waals surface area (Å²) < 4.78 is 10.5. The van der Waals surface area contributed by atoms with Crippen LogP contribution in [0.2, 0.25) is 0 Å². The summed E-state index contributed by atoms with van der Waals surface area (Å²) in [6.07, 6.45) is -0.559. The van der Waals surface area contributed by atoms with Gasteiger partial charge in [0.25, 0.3) is 5.91 Å². The molecule has 0 aliphatic carbocycles. The molecule has 1 aromatic heterocycles. The van der Waals surface area contributed by atoms with Crippen molar-refractivity contribution in [1.82, 2.24) is 5.16 Å². The van der Waals surface area contributed by atoms with Crippen LogP contribution in [0.15, 0.2) is 65.2 Å². The number of esters is 1. The molecular formula is C19H14N2O4. The van der Waals surface area contributed by atoms with Gasteiger partial charge in [-0.3, -0.25) is 4.79 Å². The van der Waals surface area contributed by atoms with Crippen LogP contribution in [0.4, 0.5) is 5.82 Å². The molecule has 2 aromatic carbocycles. The van der Waals surface area contributed by atoms with Crippen molar-refractivity contribution in [3.63, 3.8) is 0 Å². The summed E-state index contributed by atoms with van der Waals surface area (Å²) in [6.45, 7) is 0. The van der Waals surface area contributed by atoms with Crippen LogP contribution < -0.4 is 5.32 Å². The predicted molar refractivity (Wildman–Crippen MR) is 89.9 cm³/mol. The van der Waals surface area contributed by atoms with E-state index in [-0.39, 0.29) is 5.82 Å². The molecule has 2 heterocycles. The summed E-state index contributed by atoms with van der Waals surface area (Å²) in [4.78, 5) is 24.4. The second kappa shape index (κ2) is 6.24. The van der Waals surface area contributed by atoms with Gasteiger partial charge in [0.1, 0.15) is 0 Å². The fraction of sp³-hybridized carbons (Fsp3) is 0.105. The zero-order valence-corrected chi connectivity index (χ0v) is 13.1. The maximum Gasteiger partial charge on any atom is 0.339 e. The van der Waals surface area contributed by atoms with Gasteiger partial charge >= 0.3 is 5.97 Å². The number of benzene rings is 2. The first-order chi connectivity index (χ1) is 12.2. The molecule has 0 saturated heterocycles. The lowest BCUT2D eigenvalue weighted by molar-refractivity contribution is -0.125. The van der Waals surface area contributed by atoms with Gasteiger partial charge in [-0.25, -0.2) is 4.79 Å². The molecule has 6 nitrogen and oxygen atoms in total. The predicted octanol–water partition coefficient (Wildman–Crippen LogP) is 3.06. The van der Waals surface area contributed by atoms with Crippen molar-refractivity contribution in [2.24, 2.45) is 0 Å². The van der Waals surface area contributed by atoms with Crippen LogP contribution in [0.1, 0.15) is 15.9 Å². The molecule has 1 aliphatic rings. The minimum absolute atomic E-state index is 0.277. The van der Waals surface area contributed by atoms with Crippen LogP contribution in [0.25, 0.3) is 11.3 Å². The third-order valence-electron chi connectivity index (χ3n) is 4.00. The van der Waals surface area contributed by atoms with E-state index in [4.69, 9.17) is 9.26 Å². The van der Waals surface area contributed by atoms with E-state index in [1.165, 1.54) is 0 Å². The van der Waals surface area contributed by atoms with Crippen LogP contribution in [0.3, 0.4) is 0 Å². The van der Waals surface area contributed by atoms with Crippen LogP contribution in [0, 0.1) is 0 Å². The SMILES string of the molecule is O=C1O[C@H](C(=O)Nc2cc(-c3ccccc3)on2)Cc2ccccc21. The number of cyclic esters (lactones) is 1. The van der Waals surface area contributed by atoms with Crippen molar-refractivity contribution < 1.29 is 18.8 Å². The number of carbonyl (C=O) groups excluding carboxylic acids is 2. The Hall–Kier alpha value is -3.41. The van der Waals surface area contributed by atoms with Crippen molar-refractivity contribution >= 4 is 17.7 Å². The zero-order chi connectivity index (χ0) is 17.2. The third-order valence-corrected chi connectivity index (χ3v) is 4.00. The lowest BCUT2D eigenvalue weighted by Gasteiger charge is -2.23. The fourth-order valence-corrected chi connectivity index (χ4v) is 2.76. The molecule has 1 amide bonds. The fourth-order valence-electron chi connectivity index (χ4n) is 2.76. The van der Waals surface area contributed by atoms with Crippen LogP contribution in [0.5, 0.6) is 0 Å². The van der Waals surface area contributed by atoms with Crippen molar-refractivity contribution in [2.45, 2.75) is 12.5 Å². The van der Waals surface area contributed by atoms with Gasteiger partial charge < -0.3 is 14.6 Å². The molecule has 0 fully saturated rings. The number of ether oxygens (including phenoxy) is 1. The Morgan fingerprint density at radius 1 is 1.08 bits per heavy atom. The molecule has 0 radical (unpaired) electrons. The standard InChI is InChI=1S/C19H14N2O4/c22-18(16-10-13-8-4-5-9-14(13)19(23)24-16)20-17-11-15(25-21-17)12-6-2-1-3-7-12/h1-9,11,16H,10H2,(H,20,21,22)/t16-/m0/s1. The van der Waals surface area contributed by atoms with E-state index in [0.717, 1.165) is 11.1 Å². The van der Waals surface area contributed by atoms with Gasteiger partial charge in [-0.1, -0.05) is 53.7 Å². The van der Waals surface area contributed by atoms with Crippen LogP contribution in [-0.4, -0.2) is 23.1 Å².